The average Bonchev–Trinajstić information content (AvgIpc) is 2.58. The van der Waals surface area contributed by atoms with Crippen LogP contribution in [-0.2, 0) is 9.59 Å². The smallest absolute Gasteiger partial charge is 0.265 e. The van der Waals surface area contributed by atoms with Crippen molar-refractivity contribution in [2.45, 2.75) is 26.9 Å². The number of amides is 2. The molecule has 0 radical (unpaired) electrons. The van der Waals surface area contributed by atoms with Gasteiger partial charge in [-0.1, -0.05) is 25.4 Å². The summed E-state index contributed by atoms with van der Waals surface area (Å²) in [5, 5.41) is 6.17. The molecule has 6 heteroatoms. The van der Waals surface area contributed by atoms with E-state index in [1.165, 1.54) is 0 Å². The van der Waals surface area contributed by atoms with Crippen LogP contribution in [0.3, 0.4) is 0 Å². The van der Waals surface area contributed by atoms with Crippen LogP contribution in [0.5, 0.6) is 5.75 Å². The van der Waals surface area contributed by atoms with Gasteiger partial charge in [0.05, 0.1) is 0 Å². The van der Waals surface area contributed by atoms with Crippen LogP contribution in [0.1, 0.15) is 20.8 Å². The number of rotatable bonds is 6. The summed E-state index contributed by atoms with van der Waals surface area (Å²) in [6, 6.07) is 13.7. The van der Waals surface area contributed by atoms with Crippen molar-refractivity contribution in [1.29, 1.82) is 0 Å². The van der Waals surface area contributed by atoms with Crippen LogP contribution in [0.25, 0.3) is 0 Å². The van der Waals surface area contributed by atoms with Crippen LogP contribution >= 0.6 is 11.6 Å². The average molecular weight is 361 g/mol. The van der Waals surface area contributed by atoms with E-state index in [1.54, 1.807) is 55.5 Å². The second-order valence-electron chi connectivity index (χ2n) is 5.92. The minimum atomic E-state index is -0.665. The molecule has 0 heterocycles. The van der Waals surface area contributed by atoms with Crippen LogP contribution in [0.2, 0.25) is 5.02 Å². The van der Waals surface area contributed by atoms with E-state index >= 15 is 0 Å². The van der Waals surface area contributed by atoms with Crippen molar-refractivity contribution >= 4 is 34.8 Å². The highest BCUT2D eigenvalue weighted by molar-refractivity contribution is 6.30. The van der Waals surface area contributed by atoms with Gasteiger partial charge < -0.3 is 15.4 Å². The standard InChI is InChI=1S/C19H21ClN2O3/c1-12(2)18(23)21-15-6-8-16(9-7-15)22-19(24)13(3)25-17-10-4-14(20)5-11-17/h4-13H,1-3H3,(H,21,23)(H,22,24)/t13-/m0/s1. The van der Waals surface area contributed by atoms with Gasteiger partial charge in [0.15, 0.2) is 6.10 Å². The minimum Gasteiger partial charge on any atom is -0.481 e. The summed E-state index contributed by atoms with van der Waals surface area (Å²) in [6.07, 6.45) is -0.665. The molecule has 2 aromatic carbocycles. The van der Waals surface area contributed by atoms with Gasteiger partial charge in [0.25, 0.3) is 5.91 Å². The highest BCUT2D eigenvalue weighted by atomic mass is 35.5. The van der Waals surface area contributed by atoms with E-state index in [1.807, 2.05) is 13.8 Å². The minimum absolute atomic E-state index is 0.0539. The van der Waals surface area contributed by atoms with Gasteiger partial charge in [-0.15, -0.1) is 0 Å². The molecule has 5 nitrogen and oxygen atoms in total. The molecular weight excluding hydrogens is 340 g/mol. The molecule has 0 aliphatic carbocycles. The molecule has 0 spiro atoms. The second-order valence-corrected chi connectivity index (χ2v) is 6.36. The summed E-state index contributed by atoms with van der Waals surface area (Å²) in [4.78, 5) is 23.9. The summed E-state index contributed by atoms with van der Waals surface area (Å²) >= 11 is 5.82. The number of ether oxygens (including phenoxy) is 1. The van der Waals surface area contributed by atoms with E-state index in [4.69, 9.17) is 16.3 Å². The fourth-order valence-corrected chi connectivity index (χ4v) is 2.06. The Kier molecular flexibility index (Phi) is 6.42. The number of hydrogen-bond acceptors (Lipinski definition) is 3. The maximum Gasteiger partial charge on any atom is 0.265 e. The molecule has 0 bridgehead atoms. The normalized spacial score (nSPS) is 11.7. The van der Waals surface area contributed by atoms with Gasteiger partial charge in [-0.2, -0.15) is 0 Å². The molecule has 2 aromatic rings. The SMILES string of the molecule is CC(C)C(=O)Nc1ccc(NC(=O)[C@H](C)Oc2ccc(Cl)cc2)cc1. The lowest BCUT2D eigenvalue weighted by Gasteiger charge is -2.15. The summed E-state index contributed by atoms with van der Waals surface area (Å²) in [7, 11) is 0. The molecule has 0 saturated carbocycles. The lowest BCUT2D eigenvalue weighted by atomic mass is 10.2. The molecule has 1 atom stereocenters. The Morgan fingerprint density at radius 3 is 1.80 bits per heavy atom. The van der Waals surface area contributed by atoms with Crippen LogP contribution in [-0.4, -0.2) is 17.9 Å². The first-order valence-electron chi connectivity index (χ1n) is 7.99. The third-order valence-corrected chi connectivity index (χ3v) is 3.69. The van der Waals surface area contributed by atoms with E-state index in [9.17, 15) is 9.59 Å². The van der Waals surface area contributed by atoms with Gasteiger partial charge in [0.1, 0.15) is 5.75 Å². The maximum absolute atomic E-state index is 12.2. The van der Waals surface area contributed by atoms with Crippen molar-refractivity contribution in [3.05, 3.63) is 53.6 Å². The Labute approximate surface area is 152 Å². The zero-order chi connectivity index (χ0) is 18.4. The Morgan fingerprint density at radius 1 is 0.840 bits per heavy atom. The molecule has 2 rings (SSSR count). The summed E-state index contributed by atoms with van der Waals surface area (Å²) < 4.78 is 5.58. The fraction of sp³-hybridized carbons (Fsp3) is 0.263. The fourth-order valence-electron chi connectivity index (χ4n) is 1.94. The molecule has 0 fully saturated rings. The monoisotopic (exact) mass is 360 g/mol. The van der Waals surface area contributed by atoms with Crippen molar-refractivity contribution in [2.75, 3.05) is 10.6 Å². The highest BCUT2D eigenvalue weighted by Gasteiger charge is 2.15. The molecule has 0 aliphatic heterocycles. The van der Waals surface area contributed by atoms with E-state index in [0.29, 0.717) is 22.1 Å². The second kappa shape index (κ2) is 8.53. The van der Waals surface area contributed by atoms with Gasteiger partial charge in [-0.25, -0.2) is 0 Å². The zero-order valence-corrected chi connectivity index (χ0v) is 15.1. The Bertz CT molecular complexity index is 727. The van der Waals surface area contributed by atoms with Crippen molar-refractivity contribution in [3.8, 4) is 5.75 Å². The number of carbonyl (C=O) groups is 2. The maximum atomic E-state index is 12.2. The number of halogens is 1. The van der Waals surface area contributed by atoms with Crippen LogP contribution in [0.15, 0.2) is 48.5 Å². The Balaban J connectivity index is 1.91. The van der Waals surface area contributed by atoms with Crippen LogP contribution < -0.4 is 15.4 Å². The van der Waals surface area contributed by atoms with E-state index < -0.39 is 6.10 Å². The third kappa shape index (κ3) is 5.80. The predicted molar refractivity (Wildman–Crippen MR) is 100 cm³/mol. The quantitative estimate of drug-likeness (QED) is 0.805. The molecule has 0 aromatic heterocycles. The number of carbonyl (C=O) groups excluding carboxylic acids is 2. The summed E-state index contributed by atoms with van der Waals surface area (Å²) in [5.41, 5.74) is 1.31. The van der Waals surface area contributed by atoms with Gasteiger partial charge in [0, 0.05) is 22.3 Å². The van der Waals surface area contributed by atoms with E-state index in [0.717, 1.165) is 0 Å². The first kappa shape index (κ1) is 18.8. The lowest BCUT2D eigenvalue weighted by Crippen LogP contribution is -2.30. The molecule has 25 heavy (non-hydrogen) atoms. The lowest BCUT2D eigenvalue weighted by molar-refractivity contribution is -0.122. The van der Waals surface area contributed by atoms with E-state index in [2.05, 4.69) is 10.6 Å². The van der Waals surface area contributed by atoms with Gasteiger partial charge in [-0.3, -0.25) is 9.59 Å². The van der Waals surface area contributed by atoms with Crippen molar-refractivity contribution in [2.24, 2.45) is 5.92 Å². The van der Waals surface area contributed by atoms with Crippen molar-refractivity contribution < 1.29 is 14.3 Å². The van der Waals surface area contributed by atoms with E-state index in [-0.39, 0.29) is 17.7 Å². The largest absolute Gasteiger partial charge is 0.481 e. The summed E-state index contributed by atoms with van der Waals surface area (Å²) in [6.45, 7) is 5.32. The Morgan fingerprint density at radius 2 is 1.32 bits per heavy atom. The molecule has 132 valence electrons. The zero-order valence-electron chi connectivity index (χ0n) is 14.4. The van der Waals surface area contributed by atoms with Gasteiger partial charge in [0.2, 0.25) is 5.91 Å². The molecule has 0 unspecified atom stereocenters. The highest BCUT2D eigenvalue weighted by Crippen LogP contribution is 2.18. The first-order valence-corrected chi connectivity index (χ1v) is 8.37. The molecule has 0 saturated heterocycles. The summed E-state index contributed by atoms with van der Waals surface area (Å²) in [5.74, 6) is 0.153. The number of anilines is 2. The number of hydrogen-bond donors (Lipinski definition) is 2. The van der Waals surface area contributed by atoms with Gasteiger partial charge >= 0.3 is 0 Å². The molecular formula is C19H21ClN2O3. The topological polar surface area (TPSA) is 67.4 Å². The van der Waals surface area contributed by atoms with Gasteiger partial charge in [-0.05, 0) is 55.5 Å². The van der Waals surface area contributed by atoms with Crippen LogP contribution in [0.4, 0.5) is 11.4 Å². The number of nitrogens with one attached hydrogen (secondary N) is 2. The first-order chi connectivity index (χ1) is 11.8. The van der Waals surface area contributed by atoms with Crippen molar-refractivity contribution in [1.82, 2.24) is 0 Å². The van der Waals surface area contributed by atoms with Crippen molar-refractivity contribution in [3.63, 3.8) is 0 Å². The number of benzene rings is 2. The molecule has 0 aliphatic rings. The third-order valence-electron chi connectivity index (χ3n) is 3.44. The van der Waals surface area contributed by atoms with Crippen LogP contribution in [0, 0.1) is 5.92 Å². The molecule has 2 N–H and O–H groups in total. The molecule has 2 amide bonds. The Hall–Kier alpha value is -2.53. The predicted octanol–water partition coefficient (Wildman–Crippen LogP) is 4.34.